The fraction of sp³-hybridized carbons (Fsp3) is 0.818. The van der Waals surface area contributed by atoms with Crippen molar-refractivity contribution in [3.05, 3.63) is 0 Å². The topological polar surface area (TPSA) is 78.9 Å². The first-order valence-corrected chi connectivity index (χ1v) is 5.87. The number of rotatable bonds is 5. The van der Waals surface area contributed by atoms with E-state index in [4.69, 9.17) is 9.84 Å². The number of aliphatic carboxylic acids is 1. The van der Waals surface area contributed by atoms with Crippen LogP contribution in [0.5, 0.6) is 0 Å². The summed E-state index contributed by atoms with van der Waals surface area (Å²) in [6.07, 6.45) is 1.74. The number of carboxylic acid groups (broad SMARTS) is 1. The number of amides is 2. The van der Waals surface area contributed by atoms with Gasteiger partial charge in [0.15, 0.2) is 0 Å². The number of urea groups is 1. The van der Waals surface area contributed by atoms with Crippen LogP contribution >= 0.6 is 0 Å². The van der Waals surface area contributed by atoms with Gasteiger partial charge in [-0.1, -0.05) is 0 Å². The number of hydrogen-bond acceptors (Lipinski definition) is 3. The van der Waals surface area contributed by atoms with Crippen molar-refractivity contribution >= 4 is 12.0 Å². The Labute approximate surface area is 101 Å². The highest BCUT2D eigenvalue weighted by molar-refractivity contribution is 5.74. The Morgan fingerprint density at radius 1 is 1.41 bits per heavy atom. The number of piperidine rings is 1. The van der Waals surface area contributed by atoms with Gasteiger partial charge in [-0.3, -0.25) is 4.79 Å². The number of carboxylic acids is 1. The van der Waals surface area contributed by atoms with Gasteiger partial charge in [-0.25, -0.2) is 4.79 Å². The SMILES string of the molecule is COCCNC(=O)N1CCC(CC(=O)O)CC1. The average Bonchev–Trinajstić information content (AvgIpc) is 2.29. The first kappa shape index (κ1) is 13.8. The number of carbonyl (C=O) groups excluding carboxylic acids is 1. The third-order valence-corrected chi connectivity index (χ3v) is 2.95. The van der Waals surface area contributed by atoms with Crippen molar-refractivity contribution in [1.29, 1.82) is 0 Å². The zero-order valence-corrected chi connectivity index (χ0v) is 10.1. The summed E-state index contributed by atoms with van der Waals surface area (Å²) in [5.41, 5.74) is 0. The van der Waals surface area contributed by atoms with Crippen LogP contribution in [0.1, 0.15) is 19.3 Å². The molecule has 0 saturated carbocycles. The second-order valence-corrected chi connectivity index (χ2v) is 4.25. The third kappa shape index (κ3) is 5.04. The van der Waals surface area contributed by atoms with Crippen LogP contribution in [0, 0.1) is 5.92 Å². The van der Waals surface area contributed by atoms with Crippen molar-refractivity contribution in [3.63, 3.8) is 0 Å². The lowest BCUT2D eigenvalue weighted by Gasteiger charge is -2.31. The van der Waals surface area contributed by atoms with Crippen molar-refractivity contribution in [2.75, 3.05) is 33.4 Å². The molecular formula is C11H20N2O4. The van der Waals surface area contributed by atoms with Gasteiger partial charge in [0.25, 0.3) is 0 Å². The van der Waals surface area contributed by atoms with Crippen molar-refractivity contribution in [3.8, 4) is 0 Å². The lowest BCUT2D eigenvalue weighted by Crippen LogP contribution is -2.45. The van der Waals surface area contributed by atoms with Gasteiger partial charge in [0, 0.05) is 33.2 Å². The normalized spacial score (nSPS) is 16.9. The van der Waals surface area contributed by atoms with E-state index in [9.17, 15) is 9.59 Å². The predicted molar refractivity (Wildman–Crippen MR) is 61.8 cm³/mol. The van der Waals surface area contributed by atoms with Gasteiger partial charge in [-0.2, -0.15) is 0 Å². The van der Waals surface area contributed by atoms with Crippen LogP contribution in [-0.2, 0) is 9.53 Å². The number of nitrogens with one attached hydrogen (secondary N) is 1. The van der Waals surface area contributed by atoms with Crippen LogP contribution in [0.15, 0.2) is 0 Å². The molecule has 6 nitrogen and oxygen atoms in total. The molecule has 0 aromatic rings. The number of nitrogens with zero attached hydrogens (tertiary/aromatic N) is 1. The highest BCUT2D eigenvalue weighted by atomic mass is 16.5. The van der Waals surface area contributed by atoms with E-state index in [1.165, 1.54) is 0 Å². The number of methoxy groups -OCH3 is 1. The lowest BCUT2D eigenvalue weighted by molar-refractivity contribution is -0.138. The van der Waals surface area contributed by atoms with Crippen LogP contribution < -0.4 is 5.32 Å². The minimum atomic E-state index is -0.756. The smallest absolute Gasteiger partial charge is 0.317 e. The molecule has 0 aliphatic carbocycles. The molecular weight excluding hydrogens is 224 g/mol. The zero-order chi connectivity index (χ0) is 12.7. The van der Waals surface area contributed by atoms with Crippen molar-refractivity contribution in [2.24, 2.45) is 5.92 Å². The summed E-state index contributed by atoms with van der Waals surface area (Å²) in [4.78, 5) is 23.9. The maximum atomic E-state index is 11.6. The summed E-state index contributed by atoms with van der Waals surface area (Å²) in [6, 6.07) is -0.0872. The summed E-state index contributed by atoms with van der Waals surface area (Å²) in [6.45, 7) is 2.28. The zero-order valence-electron chi connectivity index (χ0n) is 10.1. The van der Waals surface area contributed by atoms with Crippen molar-refractivity contribution in [1.82, 2.24) is 10.2 Å². The van der Waals surface area contributed by atoms with Crippen LogP contribution in [0.25, 0.3) is 0 Å². The van der Waals surface area contributed by atoms with Gasteiger partial charge in [0.05, 0.1) is 6.61 Å². The third-order valence-electron chi connectivity index (χ3n) is 2.95. The monoisotopic (exact) mass is 244 g/mol. The second kappa shape index (κ2) is 7.11. The summed E-state index contributed by atoms with van der Waals surface area (Å²) < 4.78 is 4.84. The summed E-state index contributed by atoms with van der Waals surface area (Å²) in [5, 5.41) is 11.4. The van der Waals surface area contributed by atoms with Crippen molar-refractivity contribution < 1.29 is 19.4 Å². The van der Waals surface area contributed by atoms with E-state index < -0.39 is 5.97 Å². The Bertz CT molecular complexity index is 262. The molecule has 6 heteroatoms. The Balaban J connectivity index is 2.21. The summed E-state index contributed by atoms with van der Waals surface area (Å²) >= 11 is 0. The minimum Gasteiger partial charge on any atom is -0.481 e. The molecule has 0 unspecified atom stereocenters. The van der Waals surface area contributed by atoms with Crippen LogP contribution in [0.2, 0.25) is 0 Å². The fourth-order valence-electron chi connectivity index (χ4n) is 1.96. The average molecular weight is 244 g/mol. The standard InChI is InChI=1S/C11H20N2O4/c1-17-7-4-12-11(16)13-5-2-9(3-6-13)8-10(14)15/h9H,2-8H2,1H3,(H,12,16)(H,14,15). The first-order chi connectivity index (χ1) is 8.13. The van der Waals surface area contributed by atoms with E-state index >= 15 is 0 Å². The van der Waals surface area contributed by atoms with Gasteiger partial charge in [0.1, 0.15) is 0 Å². The molecule has 0 aromatic heterocycles. The Morgan fingerprint density at radius 3 is 2.59 bits per heavy atom. The van der Waals surface area contributed by atoms with Gasteiger partial charge < -0.3 is 20.1 Å². The van der Waals surface area contributed by atoms with E-state index in [0.717, 1.165) is 12.8 Å². The molecule has 17 heavy (non-hydrogen) atoms. The molecule has 2 N–H and O–H groups in total. The molecule has 1 aliphatic rings. The number of likely N-dealkylation sites (tertiary alicyclic amines) is 1. The highest BCUT2D eigenvalue weighted by Gasteiger charge is 2.23. The Morgan fingerprint density at radius 2 is 2.06 bits per heavy atom. The molecule has 2 amide bonds. The fourth-order valence-corrected chi connectivity index (χ4v) is 1.96. The van der Waals surface area contributed by atoms with E-state index in [-0.39, 0.29) is 18.4 Å². The first-order valence-electron chi connectivity index (χ1n) is 5.87. The Hall–Kier alpha value is -1.30. The van der Waals surface area contributed by atoms with Crippen LogP contribution in [0.3, 0.4) is 0 Å². The molecule has 0 spiro atoms. The second-order valence-electron chi connectivity index (χ2n) is 4.25. The molecule has 1 heterocycles. The van der Waals surface area contributed by atoms with Gasteiger partial charge >= 0.3 is 12.0 Å². The molecule has 0 radical (unpaired) electrons. The molecule has 0 atom stereocenters. The van der Waals surface area contributed by atoms with E-state index in [0.29, 0.717) is 26.2 Å². The van der Waals surface area contributed by atoms with Gasteiger partial charge in [0.2, 0.25) is 0 Å². The predicted octanol–water partition coefficient (Wildman–Crippen LogP) is 0.529. The van der Waals surface area contributed by atoms with Crippen LogP contribution in [-0.4, -0.2) is 55.4 Å². The largest absolute Gasteiger partial charge is 0.481 e. The molecule has 0 aromatic carbocycles. The lowest BCUT2D eigenvalue weighted by atomic mass is 9.94. The molecule has 1 saturated heterocycles. The maximum absolute atomic E-state index is 11.6. The molecule has 98 valence electrons. The number of carbonyl (C=O) groups is 2. The number of ether oxygens (including phenoxy) is 1. The van der Waals surface area contributed by atoms with Crippen LogP contribution in [0.4, 0.5) is 4.79 Å². The molecule has 1 rings (SSSR count). The summed E-state index contributed by atoms with van der Waals surface area (Å²) in [7, 11) is 1.59. The Kier molecular flexibility index (Phi) is 5.76. The molecule has 1 fully saturated rings. The maximum Gasteiger partial charge on any atom is 0.317 e. The van der Waals surface area contributed by atoms with E-state index in [1.807, 2.05) is 0 Å². The van der Waals surface area contributed by atoms with Crippen molar-refractivity contribution in [2.45, 2.75) is 19.3 Å². The van der Waals surface area contributed by atoms with Gasteiger partial charge in [-0.05, 0) is 18.8 Å². The minimum absolute atomic E-state index is 0.0872. The van der Waals surface area contributed by atoms with E-state index in [1.54, 1.807) is 12.0 Å². The van der Waals surface area contributed by atoms with Gasteiger partial charge in [-0.15, -0.1) is 0 Å². The quantitative estimate of drug-likeness (QED) is 0.691. The highest BCUT2D eigenvalue weighted by Crippen LogP contribution is 2.20. The molecule has 1 aliphatic heterocycles. The molecule has 0 bridgehead atoms. The summed E-state index contributed by atoms with van der Waals surface area (Å²) in [5.74, 6) is -0.552. The number of hydrogen-bond donors (Lipinski definition) is 2. The van der Waals surface area contributed by atoms with E-state index in [2.05, 4.69) is 5.32 Å².